The average molecular weight is 315 g/mol. The third-order valence-corrected chi connectivity index (χ3v) is 5.05. The first-order valence-corrected chi connectivity index (χ1v) is 6.94. The Morgan fingerprint density at radius 1 is 1.44 bits per heavy atom. The van der Waals surface area contributed by atoms with Crippen molar-refractivity contribution in [3.05, 3.63) is 29.0 Å². The fourth-order valence-corrected chi connectivity index (χ4v) is 3.78. The Hall–Kier alpha value is -0.400. The van der Waals surface area contributed by atoms with E-state index in [4.69, 9.17) is 17.3 Å². The highest BCUT2D eigenvalue weighted by Crippen LogP contribution is 2.27. The van der Waals surface area contributed by atoms with Gasteiger partial charge in [0.2, 0.25) is 10.0 Å². The van der Waals surface area contributed by atoms with Crippen molar-refractivity contribution in [3.63, 3.8) is 0 Å². The van der Waals surface area contributed by atoms with Crippen LogP contribution in [-0.2, 0) is 10.0 Å². The van der Waals surface area contributed by atoms with Crippen LogP contribution in [0.15, 0.2) is 23.1 Å². The van der Waals surface area contributed by atoms with E-state index in [9.17, 15) is 12.8 Å². The predicted octanol–water partition coefficient (Wildman–Crippen LogP) is 1.62. The van der Waals surface area contributed by atoms with Gasteiger partial charge in [0.1, 0.15) is 10.7 Å². The fraction of sp³-hybridized carbons (Fsp3) is 0.400. The molecule has 0 aliphatic carbocycles. The first-order chi connectivity index (χ1) is 7.91. The SMILES string of the molecule is Cl.N[C@@H]1CCN(S(=O)(=O)c2cc(F)ccc2Cl)C1. The standard InChI is InChI=1S/C10H12ClFN2O2S.ClH/c11-9-2-1-7(12)5-10(9)17(15,16)14-4-3-8(13)6-14;/h1-2,5,8H,3-4,6,13H2;1H/t8-;/m1./s1. The zero-order valence-electron chi connectivity index (χ0n) is 9.34. The van der Waals surface area contributed by atoms with Gasteiger partial charge < -0.3 is 5.73 Å². The molecule has 1 saturated heterocycles. The van der Waals surface area contributed by atoms with Crippen molar-refractivity contribution in [1.82, 2.24) is 4.31 Å². The fourth-order valence-electron chi connectivity index (χ4n) is 1.79. The second kappa shape index (κ2) is 5.71. The third kappa shape index (κ3) is 2.95. The van der Waals surface area contributed by atoms with Gasteiger partial charge in [-0.2, -0.15) is 4.31 Å². The molecule has 102 valence electrons. The molecule has 0 unspecified atom stereocenters. The van der Waals surface area contributed by atoms with Crippen molar-refractivity contribution in [2.75, 3.05) is 13.1 Å². The Labute approximate surface area is 116 Å². The average Bonchev–Trinajstić information content (AvgIpc) is 2.69. The molecule has 2 rings (SSSR count). The van der Waals surface area contributed by atoms with Gasteiger partial charge in [-0.15, -0.1) is 12.4 Å². The normalized spacial score (nSPS) is 20.7. The van der Waals surface area contributed by atoms with E-state index >= 15 is 0 Å². The summed E-state index contributed by atoms with van der Waals surface area (Å²) in [6.07, 6.45) is 0.603. The van der Waals surface area contributed by atoms with Crippen LogP contribution in [-0.4, -0.2) is 31.9 Å². The van der Waals surface area contributed by atoms with Crippen LogP contribution in [0.2, 0.25) is 5.02 Å². The molecule has 1 aromatic rings. The van der Waals surface area contributed by atoms with E-state index in [0.29, 0.717) is 13.0 Å². The molecule has 0 spiro atoms. The van der Waals surface area contributed by atoms with Gasteiger partial charge in [-0.3, -0.25) is 0 Å². The van der Waals surface area contributed by atoms with Crippen molar-refractivity contribution in [2.45, 2.75) is 17.4 Å². The Kier molecular flexibility index (Phi) is 4.97. The van der Waals surface area contributed by atoms with Crippen LogP contribution < -0.4 is 5.73 Å². The molecular formula is C10H13Cl2FN2O2S. The zero-order chi connectivity index (χ0) is 12.6. The third-order valence-electron chi connectivity index (χ3n) is 2.70. The summed E-state index contributed by atoms with van der Waals surface area (Å²) in [5, 5.41) is 0.0203. The van der Waals surface area contributed by atoms with Crippen LogP contribution in [0.4, 0.5) is 4.39 Å². The summed E-state index contributed by atoms with van der Waals surface area (Å²) in [4.78, 5) is -0.201. The molecule has 1 aromatic carbocycles. The van der Waals surface area contributed by atoms with E-state index in [1.54, 1.807) is 0 Å². The van der Waals surface area contributed by atoms with Gasteiger partial charge >= 0.3 is 0 Å². The highest BCUT2D eigenvalue weighted by Gasteiger charge is 2.32. The summed E-state index contributed by atoms with van der Waals surface area (Å²) in [6, 6.07) is 3.12. The Morgan fingerprint density at radius 3 is 2.67 bits per heavy atom. The van der Waals surface area contributed by atoms with E-state index in [1.165, 1.54) is 10.4 Å². The minimum atomic E-state index is -3.74. The lowest BCUT2D eigenvalue weighted by molar-refractivity contribution is 0.471. The van der Waals surface area contributed by atoms with E-state index in [2.05, 4.69) is 0 Å². The van der Waals surface area contributed by atoms with Gasteiger partial charge in [0.15, 0.2) is 0 Å². The summed E-state index contributed by atoms with van der Waals surface area (Å²) >= 11 is 5.79. The molecule has 0 amide bonds. The number of hydrogen-bond donors (Lipinski definition) is 1. The van der Waals surface area contributed by atoms with Gasteiger partial charge in [-0.25, -0.2) is 12.8 Å². The molecule has 2 N–H and O–H groups in total. The number of nitrogens with two attached hydrogens (primary N) is 1. The minimum Gasteiger partial charge on any atom is -0.326 e. The van der Waals surface area contributed by atoms with Crippen LogP contribution in [0.1, 0.15) is 6.42 Å². The number of hydrogen-bond acceptors (Lipinski definition) is 3. The molecule has 8 heteroatoms. The quantitative estimate of drug-likeness (QED) is 0.902. The van der Waals surface area contributed by atoms with Crippen molar-refractivity contribution in [1.29, 1.82) is 0 Å². The largest absolute Gasteiger partial charge is 0.326 e. The lowest BCUT2D eigenvalue weighted by Gasteiger charge is -2.16. The highest BCUT2D eigenvalue weighted by molar-refractivity contribution is 7.89. The smallest absolute Gasteiger partial charge is 0.244 e. The number of sulfonamides is 1. The lowest BCUT2D eigenvalue weighted by Crippen LogP contribution is -2.32. The Balaban J connectivity index is 0.00000162. The molecule has 0 aromatic heterocycles. The summed E-state index contributed by atoms with van der Waals surface area (Å²) in [5.41, 5.74) is 5.65. The van der Waals surface area contributed by atoms with E-state index in [0.717, 1.165) is 12.1 Å². The first-order valence-electron chi connectivity index (χ1n) is 5.12. The maximum absolute atomic E-state index is 13.1. The van der Waals surface area contributed by atoms with E-state index in [-0.39, 0.29) is 34.9 Å². The van der Waals surface area contributed by atoms with Gasteiger partial charge in [-0.1, -0.05) is 11.6 Å². The molecule has 4 nitrogen and oxygen atoms in total. The summed E-state index contributed by atoms with van der Waals surface area (Å²) in [6.45, 7) is 0.589. The molecule has 1 heterocycles. The molecule has 1 fully saturated rings. The molecule has 1 aliphatic rings. The van der Waals surface area contributed by atoms with Crippen molar-refractivity contribution < 1.29 is 12.8 Å². The predicted molar refractivity (Wildman–Crippen MR) is 70.0 cm³/mol. The number of halogens is 3. The summed E-state index contributed by atoms with van der Waals surface area (Å²) in [5.74, 6) is -0.628. The maximum atomic E-state index is 13.1. The second-order valence-electron chi connectivity index (χ2n) is 3.99. The molecule has 0 bridgehead atoms. The van der Waals surface area contributed by atoms with Gasteiger partial charge in [0, 0.05) is 19.1 Å². The summed E-state index contributed by atoms with van der Waals surface area (Å²) < 4.78 is 38.7. The minimum absolute atomic E-state index is 0. The van der Waals surface area contributed by atoms with Gasteiger partial charge in [-0.05, 0) is 24.6 Å². The van der Waals surface area contributed by atoms with E-state index in [1.807, 2.05) is 0 Å². The topological polar surface area (TPSA) is 63.4 Å². The molecule has 1 atom stereocenters. The maximum Gasteiger partial charge on any atom is 0.244 e. The number of nitrogens with zero attached hydrogens (tertiary/aromatic N) is 1. The summed E-state index contributed by atoms with van der Waals surface area (Å²) in [7, 11) is -3.74. The number of rotatable bonds is 2. The van der Waals surface area contributed by atoms with Crippen LogP contribution in [0.25, 0.3) is 0 Å². The van der Waals surface area contributed by atoms with Crippen LogP contribution in [0, 0.1) is 5.82 Å². The Morgan fingerprint density at radius 2 is 2.11 bits per heavy atom. The zero-order valence-corrected chi connectivity index (χ0v) is 11.7. The van der Waals surface area contributed by atoms with E-state index < -0.39 is 15.8 Å². The van der Waals surface area contributed by atoms with Gasteiger partial charge in [0.25, 0.3) is 0 Å². The van der Waals surface area contributed by atoms with Crippen LogP contribution in [0.3, 0.4) is 0 Å². The number of benzene rings is 1. The highest BCUT2D eigenvalue weighted by atomic mass is 35.5. The molecule has 0 radical (unpaired) electrons. The van der Waals surface area contributed by atoms with Crippen molar-refractivity contribution >= 4 is 34.0 Å². The van der Waals surface area contributed by atoms with Crippen molar-refractivity contribution in [2.24, 2.45) is 5.73 Å². The van der Waals surface area contributed by atoms with Crippen molar-refractivity contribution in [3.8, 4) is 0 Å². The molecular weight excluding hydrogens is 302 g/mol. The molecule has 0 saturated carbocycles. The molecule has 1 aliphatic heterocycles. The van der Waals surface area contributed by atoms with Crippen LogP contribution in [0.5, 0.6) is 0 Å². The van der Waals surface area contributed by atoms with Gasteiger partial charge in [0.05, 0.1) is 5.02 Å². The molecule has 18 heavy (non-hydrogen) atoms. The van der Waals surface area contributed by atoms with Crippen LogP contribution >= 0.6 is 24.0 Å². The Bertz CT molecular complexity index is 539. The first kappa shape index (κ1) is 15.7. The monoisotopic (exact) mass is 314 g/mol. The lowest BCUT2D eigenvalue weighted by atomic mass is 10.3. The second-order valence-corrected chi connectivity index (χ2v) is 6.30.